The number of methoxy groups -OCH3 is 1. The largest absolute Gasteiger partial charge is 0.465 e. The number of ether oxygens (including phenoxy) is 1. The van der Waals surface area contributed by atoms with Gasteiger partial charge in [0, 0.05) is 0 Å². The van der Waals surface area contributed by atoms with Gasteiger partial charge in [0.25, 0.3) is 0 Å². The molecule has 2 aliphatic rings. The maximum Gasteiger partial charge on any atom is 0.338 e. The minimum Gasteiger partial charge on any atom is -0.465 e. The third-order valence-corrected chi connectivity index (χ3v) is 3.77. The summed E-state index contributed by atoms with van der Waals surface area (Å²) >= 11 is 0. The number of esters is 1. The second kappa shape index (κ2) is 5.66. The maximum atomic E-state index is 12.0. The highest BCUT2D eigenvalue weighted by atomic mass is 16.5. The SMILES string of the molecule is COC(=O)c1cc(C(C)C)c2ccc(C(C)C)ccc1-2. The molecule has 0 radical (unpaired) electrons. The van der Waals surface area contributed by atoms with E-state index in [4.69, 9.17) is 4.74 Å². The van der Waals surface area contributed by atoms with Gasteiger partial charge in [0.05, 0.1) is 12.7 Å². The van der Waals surface area contributed by atoms with Gasteiger partial charge in [0.2, 0.25) is 0 Å². The first kappa shape index (κ1) is 14.6. The summed E-state index contributed by atoms with van der Waals surface area (Å²) in [6.07, 6.45) is 0. The molecule has 0 N–H and O–H groups in total. The molecule has 0 aromatic rings. The van der Waals surface area contributed by atoms with Crippen LogP contribution < -0.4 is 0 Å². The Kier molecular flexibility index (Phi) is 4.12. The van der Waals surface area contributed by atoms with Crippen molar-refractivity contribution in [2.24, 2.45) is 0 Å². The van der Waals surface area contributed by atoms with Crippen LogP contribution >= 0.6 is 0 Å². The first-order valence-electron chi connectivity index (χ1n) is 7.10. The molecule has 0 bridgehead atoms. The average molecular weight is 270 g/mol. The van der Waals surface area contributed by atoms with E-state index in [1.807, 2.05) is 12.1 Å². The van der Waals surface area contributed by atoms with Gasteiger partial charge < -0.3 is 4.74 Å². The van der Waals surface area contributed by atoms with Crippen LogP contribution in [0.3, 0.4) is 0 Å². The number of hydrogen-bond acceptors (Lipinski definition) is 2. The monoisotopic (exact) mass is 270 g/mol. The van der Waals surface area contributed by atoms with E-state index in [1.165, 1.54) is 18.2 Å². The Labute approximate surface area is 121 Å². The van der Waals surface area contributed by atoms with Gasteiger partial charge in [-0.15, -0.1) is 0 Å². The summed E-state index contributed by atoms with van der Waals surface area (Å²) in [5, 5.41) is 0. The lowest BCUT2D eigenvalue weighted by Crippen LogP contribution is -2.00. The summed E-state index contributed by atoms with van der Waals surface area (Å²) in [4.78, 5) is 12.0. The van der Waals surface area contributed by atoms with Gasteiger partial charge in [-0.1, -0.05) is 52.0 Å². The average Bonchev–Trinajstić information content (AvgIpc) is 2.62. The summed E-state index contributed by atoms with van der Waals surface area (Å²) in [7, 11) is 1.43. The van der Waals surface area contributed by atoms with Crippen LogP contribution in [0.4, 0.5) is 0 Å². The Balaban J connectivity index is 2.69. The molecule has 2 nitrogen and oxygen atoms in total. The van der Waals surface area contributed by atoms with Gasteiger partial charge >= 0.3 is 5.97 Å². The normalized spacial score (nSPS) is 11.3. The molecule has 0 heterocycles. The molecule has 0 fully saturated rings. The third kappa shape index (κ3) is 2.55. The van der Waals surface area contributed by atoms with E-state index in [2.05, 4.69) is 45.9 Å². The van der Waals surface area contributed by atoms with Crippen LogP contribution in [0.15, 0.2) is 30.3 Å². The van der Waals surface area contributed by atoms with Crippen LogP contribution in [0.5, 0.6) is 0 Å². The van der Waals surface area contributed by atoms with Crippen LogP contribution in [0.2, 0.25) is 0 Å². The van der Waals surface area contributed by atoms with E-state index in [0.717, 1.165) is 11.1 Å². The molecular weight excluding hydrogens is 248 g/mol. The maximum absolute atomic E-state index is 12.0. The fourth-order valence-electron chi connectivity index (χ4n) is 2.53. The van der Waals surface area contributed by atoms with E-state index in [1.54, 1.807) is 0 Å². The van der Waals surface area contributed by atoms with E-state index < -0.39 is 0 Å². The molecule has 106 valence electrons. The Morgan fingerprint density at radius 2 is 1.55 bits per heavy atom. The molecule has 0 spiro atoms. The first-order chi connectivity index (χ1) is 9.45. The van der Waals surface area contributed by atoms with Crippen molar-refractivity contribution >= 4 is 5.97 Å². The number of hydrogen-bond donors (Lipinski definition) is 0. The zero-order valence-corrected chi connectivity index (χ0v) is 12.9. The van der Waals surface area contributed by atoms with E-state index >= 15 is 0 Å². The van der Waals surface area contributed by atoms with Crippen molar-refractivity contribution in [3.63, 3.8) is 0 Å². The third-order valence-electron chi connectivity index (χ3n) is 3.77. The molecule has 2 rings (SSSR count). The summed E-state index contributed by atoms with van der Waals surface area (Å²) in [5.41, 5.74) is 5.26. The highest BCUT2D eigenvalue weighted by Gasteiger charge is 2.21. The van der Waals surface area contributed by atoms with E-state index in [0.29, 0.717) is 17.4 Å². The molecule has 20 heavy (non-hydrogen) atoms. The lowest BCUT2D eigenvalue weighted by Gasteiger charge is -2.04. The second-order valence-electron chi connectivity index (χ2n) is 5.81. The summed E-state index contributed by atoms with van der Waals surface area (Å²) in [5.74, 6) is 0.579. The summed E-state index contributed by atoms with van der Waals surface area (Å²) in [6.45, 7) is 8.63. The summed E-state index contributed by atoms with van der Waals surface area (Å²) in [6, 6.07) is 10.4. The zero-order valence-electron chi connectivity index (χ0n) is 12.9. The fourth-order valence-corrected chi connectivity index (χ4v) is 2.53. The second-order valence-corrected chi connectivity index (χ2v) is 5.81. The van der Waals surface area contributed by atoms with Crippen LogP contribution in [0.25, 0.3) is 11.1 Å². The molecule has 0 saturated carbocycles. The molecule has 0 aromatic heterocycles. The standard InChI is InChI=1S/C18H22O2/c1-11(2)13-6-8-14-15(9-7-13)17(18(19)20-5)10-16(14)12(3)4/h6-12H,1-5H3. The quantitative estimate of drug-likeness (QED) is 0.747. The number of carbonyl (C=O) groups is 1. The molecule has 0 aliphatic heterocycles. The Morgan fingerprint density at radius 1 is 0.950 bits per heavy atom. The van der Waals surface area contributed by atoms with Crippen LogP contribution in [-0.4, -0.2) is 13.1 Å². The highest BCUT2D eigenvalue weighted by molar-refractivity contribution is 6.00. The predicted molar refractivity (Wildman–Crippen MR) is 82.6 cm³/mol. The summed E-state index contributed by atoms with van der Waals surface area (Å²) < 4.78 is 4.91. The van der Waals surface area contributed by atoms with E-state index in [9.17, 15) is 4.79 Å². The molecule has 2 heteroatoms. The number of rotatable bonds is 3. The first-order valence-corrected chi connectivity index (χ1v) is 7.10. The lowest BCUT2D eigenvalue weighted by atomic mass is 10.0. The Morgan fingerprint density at radius 3 is 2.05 bits per heavy atom. The zero-order chi connectivity index (χ0) is 14.9. The van der Waals surface area contributed by atoms with Gasteiger partial charge in [0.1, 0.15) is 0 Å². The molecule has 0 saturated heterocycles. The minimum atomic E-state index is -0.265. The molecule has 0 atom stereocenters. The molecular formula is C18H22O2. The van der Waals surface area contributed by atoms with Crippen molar-refractivity contribution in [3.05, 3.63) is 47.0 Å². The van der Waals surface area contributed by atoms with Crippen molar-refractivity contribution in [3.8, 4) is 11.1 Å². The van der Waals surface area contributed by atoms with Crippen molar-refractivity contribution in [1.29, 1.82) is 0 Å². The number of carbonyl (C=O) groups excluding carboxylic acids is 1. The Hall–Kier alpha value is -1.83. The topological polar surface area (TPSA) is 26.3 Å². The van der Waals surface area contributed by atoms with Gasteiger partial charge in [-0.3, -0.25) is 0 Å². The fraction of sp³-hybridized carbons (Fsp3) is 0.389. The lowest BCUT2D eigenvalue weighted by molar-refractivity contribution is 0.0602. The molecule has 0 unspecified atom stereocenters. The van der Waals surface area contributed by atoms with Gasteiger partial charge in [0.15, 0.2) is 0 Å². The predicted octanol–water partition coefficient (Wildman–Crippen LogP) is 4.82. The van der Waals surface area contributed by atoms with Gasteiger partial charge in [-0.05, 0) is 40.2 Å². The Bertz CT molecular complexity index is 597. The van der Waals surface area contributed by atoms with E-state index in [-0.39, 0.29) is 5.97 Å². The number of fused-ring (bicyclic) bond motifs is 1. The van der Waals surface area contributed by atoms with Gasteiger partial charge in [-0.25, -0.2) is 4.79 Å². The molecule has 2 aliphatic carbocycles. The molecule has 0 aromatic carbocycles. The smallest absolute Gasteiger partial charge is 0.338 e. The van der Waals surface area contributed by atoms with Gasteiger partial charge in [-0.2, -0.15) is 0 Å². The molecule has 0 amide bonds. The van der Waals surface area contributed by atoms with Crippen LogP contribution in [0, 0.1) is 0 Å². The van der Waals surface area contributed by atoms with Crippen molar-refractivity contribution in [2.45, 2.75) is 39.5 Å². The van der Waals surface area contributed by atoms with Crippen LogP contribution in [-0.2, 0) is 4.74 Å². The van der Waals surface area contributed by atoms with Crippen molar-refractivity contribution in [1.82, 2.24) is 0 Å². The van der Waals surface area contributed by atoms with Crippen LogP contribution in [0.1, 0.15) is 61.0 Å². The minimum absolute atomic E-state index is 0.265. The highest BCUT2D eigenvalue weighted by Crippen LogP contribution is 2.37. The van der Waals surface area contributed by atoms with Crippen molar-refractivity contribution < 1.29 is 9.53 Å². The van der Waals surface area contributed by atoms with Crippen molar-refractivity contribution in [2.75, 3.05) is 7.11 Å².